The number of rotatable bonds is 13. The molecule has 0 aromatic carbocycles. The summed E-state index contributed by atoms with van der Waals surface area (Å²) >= 11 is 0. The lowest BCUT2D eigenvalue weighted by molar-refractivity contribution is -0.145. The molecule has 0 aliphatic heterocycles. The van der Waals surface area contributed by atoms with E-state index in [4.69, 9.17) is 4.74 Å². The van der Waals surface area contributed by atoms with E-state index in [1.54, 1.807) is 5.57 Å². The predicted octanol–water partition coefficient (Wildman–Crippen LogP) is 8.79. The first-order chi connectivity index (χ1) is 16.3. The summed E-state index contributed by atoms with van der Waals surface area (Å²) in [6.45, 7) is 18.9. The molecule has 0 bridgehead atoms. The molecule has 1 unspecified atom stereocenters. The molecule has 0 spiro atoms. The Morgan fingerprint density at radius 3 is 2.43 bits per heavy atom. The van der Waals surface area contributed by atoms with Crippen LogP contribution in [-0.4, -0.2) is 22.8 Å². The van der Waals surface area contributed by atoms with Gasteiger partial charge in [0.25, 0.3) is 0 Å². The summed E-state index contributed by atoms with van der Waals surface area (Å²) in [7, 11) is 0. The quantitative estimate of drug-likeness (QED) is 0.210. The number of esters is 1. The zero-order chi connectivity index (χ0) is 26.3. The lowest BCUT2D eigenvalue weighted by Crippen LogP contribution is -2.24. The monoisotopic (exact) mass is 484 g/mol. The van der Waals surface area contributed by atoms with Gasteiger partial charge in [-0.1, -0.05) is 56.7 Å². The Morgan fingerprint density at radius 1 is 1.17 bits per heavy atom. The van der Waals surface area contributed by atoms with Crippen molar-refractivity contribution in [1.82, 2.24) is 0 Å². The molecule has 3 nitrogen and oxygen atoms in total. The van der Waals surface area contributed by atoms with Gasteiger partial charge in [-0.25, -0.2) is 0 Å². The van der Waals surface area contributed by atoms with Gasteiger partial charge in [0.1, 0.15) is 6.10 Å². The van der Waals surface area contributed by atoms with E-state index in [0.29, 0.717) is 5.41 Å². The van der Waals surface area contributed by atoms with E-state index in [-0.39, 0.29) is 17.5 Å². The zero-order valence-electron chi connectivity index (χ0n) is 23.8. The maximum atomic E-state index is 11.4. The van der Waals surface area contributed by atoms with Crippen molar-refractivity contribution < 1.29 is 14.6 Å². The summed E-state index contributed by atoms with van der Waals surface area (Å²) in [5, 5.41) is 10.1. The number of hydrogen-bond donors (Lipinski definition) is 1. The lowest BCUT2D eigenvalue weighted by atomic mass is 9.70. The third kappa shape index (κ3) is 9.41. The maximum absolute atomic E-state index is 11.4. The number of hydrogen-bond acceptors (Lipinski definition) is 3. The van der Waals surface area contributed by atoms with Gasteiger partial charge in [-0.05, 0) is 120 Å². The molecule has 0 aromatic heterocycles. The molecule has 2 aliphatic carbocycles. The first kappa shape index (κ1) is 29.6. The molecule has 0 radical (unpaired) electrons. The molecule has 0 amide bonds. The fourth-order valence-corrected chi connectivity index (χ4v) is 5.89. The third-order valence-corrected chi connectivity index (χ3v) is 7.97. The molecule has 0 saturated heterocycles. The third-order valence-electron chi connectivity index (χ3n) is 7.97. The van der Waals surface area contributed by atoms with Gasteiger partial charge in [-0.15, -0.1) is 0 Å². The van der Waals surface area contributed by atoms with E-state index < -0.39 is 5.60 Å². The van der Waals surface area contributed by atoms with Crippen molar-refractivity contribution in [2.45, 2.75) is 137 Å². The SMILES string of the molecule is C=C1/C(=C\C=C(\C)CCCC(C)(C)/C(=C\CC)C2(CCCC(C)(C)O)CC2)CCCC1OC(C)=O. The van der Waals surface area contributed by atoms with Crippen molar-refractivity contribution in [3.05, 3.63) is 47.1 Å². The van der Waals surface area contributed by atoms with Crippen molar-refractivity contribution in [2.24, 2.45) is 10.8 Å². The molecule has 0 aromatic rings. The van der Waals surface area contributed by atoms with Crippen LogP contribution in [0.2, 0.25) is 0 Å². The predicted molar refractivity (Wildman–Crippen MR) is 148 cm³/mol. The first-order valence-corrected chi connectivity index (χ1v) is 14.0. The molecule has 198 valence electrons. The van der Waals surface area contributed by atoms with Crippen molar-refractivity contribution in [2.75, 3.05) is 0 Å². The van der Waals surface area contributed by atoms with Gasteiger partial charge in [-0.2, -0.15) is 0 Å². The van der Waals surface area contributed by atoms with Gasteiger partial charge in [0.15, 0.2) is 0 Å². The highest BCUT2D eigenvalue weighted by atomic mass is 16.5. The van der Waals surface area contributed by atoms with Crippen LogP contribution in [0.5, 0.6) is 0 Å². The van der Waals surface area contributed by atoms with Gasteiger partial charge in [0.2, 0.25) is 0 Å². The second-order valence-electron chi connectivity index (χ2n) is 12.4. The van der Waals surface area contributed by atoms with E-state index in [1.165, 1.54) is 50.2 Å². The number of ether oxygens (including phenoxy) is 1. The fraction of sp³-hybridized carbons (Fsp3) is 0.719. The standard InChI is InChI=1S/C32H52O3/c1-9-13-29(32(22-23-32)21-12-20-31(7,8)34)30(5,6)19-11-14-24(2)17-18-27-15-10-16-28(25(27)3)35-26(4)33/h13,17-18,28,34H,3,9-12,14-16,19-23H2,1-2,4-8H3/b24-17-,27-18-,29-13+. The first-order valence-electron chi connectivity index (χ1n) is 14.0. The van der Waals surface area contributed by atoms with E-state index in [2.05, 4.69) is 52.5 Å². The average Bonchev–Trinajstić information content (AvgIpc) is 3.51. The summed E-state index contributed by atoms with van der Waals surface area (Å²) in [5.74, 6) is -0.228. The van der Waals surface area contributed by atoms with Crippen LogP contribution in [-0.2, 0) is 9.53 Å². The molecule has 2 saturated carbocycles. The summed E-state index contributed by atoms with van der Waals surface area (Å²) < 4.78 is 5.44. The minimum Gasteiger partial charge on any atom is -0.458 e. The van der Waals surface area contributed by atoms with Gasteiger partial charge >= 0.3 is 5.97 Å². The summed E-state index contributed by atoms with van der Waals surface area (Å²) in [4.78, 5) is 11.4. The van der Waals surface area contributed by atoms with Crippen LogP contribution in [0.25, 0.3) is 0 Å². The van der Waals surface area contributed by atoms with E-state index in [1.807, 2.05) is 13.8 Å². The Labute approximate surface area is 215 Å². The smallest absolute Gasteiger partial charge is 0.303 e. The van der Waals surface area contributed by atoms with Crippen molar-refractivity contribution >= 4 is 5.97 Å². The number of carbonyl (C=O) groups excluding carboxylic acids is 1. The number of allylic oxidation sites excluding steroid dienone is 5. The van der Waals surface area contributed by atoms with Crippen molar-refractivity contribution in [3.8, 4) is 0 Å². The second kappa shape index (κ2) is 12.6. The van der Waals surface area contributed by atoms with Gasteiger partial charge in [0.05, 0.1) is 5.60 Å². The summed E-state index contributed by atoms with van der Waals surface area (Å²) in [6, 6.07) is 0. The van der Waals surface area contributed by atoms with E-state index in [0.717, 1.165) is 50.5 Å². The van der Waals surface area contributed by atoms with Crippen LogP contribution < -0.4 is 0 Å². The fourth-order valence-electron chi connectivity index (χ4n) is 5.89. The van der Waals surface area contributed by atoms with E-state index >= 15 is 0 Å². The Bertz CT molecular complexity index is 827. The molecule has 3 heteroatoms. The van der Waals surface area contributed by atoms with Crippen molar-refractivity contribution in [3.63, 3.8) is 0 Å². The topological polar surface area (TPSA) is 46.5 Å². The molecule has 1 atom stereocenters. The molecule has 1 N–H and O–H groups in total. The van der Waals surface area contributed by atoms with Crippen LogP contribution in [0.1, 0.15) is 126 Å². The molecular weight excluding hydrogens is 432 g/mol. The molecule has 0 heterocycles. The Hall–Kier alpha value is -1.61. The molecule has 35 heavy (non-hydrogen) atoms. The van der Waals surface area contributed by atoms with Crippen LogP contribution in [0.3, 0.4) is 0 Å². The van der Waals surface area contributed by atoms with E-state index in [9.17, 15) is 9.90 Å². The second-order valence-corrected chi connectivity index (χ2v) is 12.4. The Kier molecular flexibility index (Phi) is 10.6. The van der Waals surface area contributed by atoms with Gasteiger partial charge < -0.3 is 9.84 Å². The summed E-state index contributed by atoms with van der Waals surface area (Å²) in [5.41, 5.74) is 5.26. The van der Waals surface area contributed by atoms with Crippen LogP contribution in [0.4, 0.5) is 0 Å². The normalized spacial score (nSPS) is 22.5. The lowest BCUT2D eigenvalue weighted by Gasteiger charge is -2.35. The maximum Gasteiger partial charge on any atom is 0.303 e. The van der Waals surface area contributed by atoms with Crippen LogP contribution in [0, 0.1) is 10.8 Å². The minimum absolute atomic E-state index is 0.163. The number of aliphatic hydroxyl groups is 1. The van der Waals surface area contributed by atoms with Gasteiger partial charge in [-0.3, -0.25) is 4.79 Å². The highest BCUT2D eigenvalue weighted by Crippen LogP contribution is 2.61. The highest BCUT2D eigenvalue weighted by molar-refractivity contribution is 5.66. The average molecular weight is 485 g/mol. The minimum atomic E-state index is -0.565. The zero-order valence-corrected chi connectivity index (χ0v) is 23.8. The van der Waals surface area contributed by atoms with Crippen LogP contribution >= 0.6 is 0 Å². The molecule has 2 fully saturated rings. The summed E-state index contributed by atoms with van der Waals surface area (Å²) in [6.07, 6.45) is 20.1. The highest BCUT2D eigenvalue weighted by Gasteiger charge is 2.49. The molecule has 2 rings (SSSR count). The molecule has 2 aliphatic rings. The Morgan fingerprint density at radius 2 is 1.86 bits per heavy atom. The number of carbonyl (C=O) groups is 1. The van der Waals surface area contributed by atoms with Gasteiger partial charge in [0, 0.05) is 6.92 Å². The Balaban J connectivity index is 1.94. The molecular formula is C32H52O3. The van der Waals surface area contributed by atoms with Crippen molar-refractivity contribution in [1.29, 1.82) is 0 Å². The largest absolute Gasteiger partial charge is 0.458 e. The van der Waals surface area contributed by atoms with Crippen LogP contribution in [0.15, 0.2) is 47.1 Å².